The Morgan fingerprint density at radius 3 is 2.67 bits per heavy atom. The Kier molecular flexibility index (Phi) is 5.87. The molecule has 0 spiro atoms. The van der Waals surface area contributed by atoms with Gasteiger partial charge in [-0.15, -0.1) is 0 Å². The minimum atomic E-state index is -3.30. The first kappa shape index (κ1) is 18.7. The molecule has 1 fully saturated rings. The molecular formula is C17H25NO5S. The topological polar surface area (TPSA) is 83.9 Å². The zero-order valence-corrected chi connectivity index (χ0v) is 15.0. The summed E-state index contributed by atoms with van der Waals surface area (Å²) >= 11 is 0. The van der Waals surface area contributed by atoms with Gasteiger partial charge in [-0.2, -0.15) is 0 Å². The summed E-state index contributed by atoms with van der Waals surface area (Å²) in [6.07, 6.45) is 2.07. The number of benzene rings is 1. The van der Waals surface area contributed by atoms with Gasteiger partial charge in [0.05, 0.1) is 11.4 Å². The Bertz CT molecular complexity index is 657. The molecule has 2 rings (SSSR count). The first-order chi connectivity index (χ1) is 11.2. The highest BCUT2D eigenvalue weighted by atomic mass is 32.2. The number of likely N-dealkylation sites (tertiary alicyclic amines) is 1. The van der Waals surface area contributed by atoms with Crippen LogP contribution in [-0.2, 0) is 21.2 Å². The summed E-state index contributed by atoms with van der Waals surface area (Å²) < 4.78 is 28.3. The maximum absolute atomic E-state index is 12.2. The molecule has 1 saturated heterocycles. The third-order valence-electron chi connectivity index (χ3n) is 4.32. The van der Waals surface area contributed by atoms with E-state index in [9.17, 15) is 18.3 Å². The summed E-state index contributed by atoms with van der Waals surface area (Å²) in [5.74, 6) is -0.595. The number of carbonyl (C=O) groups is 1. The van der Waals surface area contributed by atoms with Crippen molar-refractivity contribution in [3.05, 3.63) is 35.9 Å². The van der Waals surface area contributed by atoms with E-state index in [1.54, 1.807) is 4.90 Å². The number of nitrogens with zero attached hydrogens (tertiary/aromatic N) is 1. The fourth-order valence-corrected chi connectivity index (χ4v) is 4.41. The van der Waals surface area contributed by atoms with Crippen molar-refractivity contribution < 1.29 is 23.1 Å². The normalized spacial score (nSPS) is 21.1. The Hall–Kier alpha value is -1.60. The minimum absolute atomic E-state index is 0.195. The number of rotatable bonds is 5. The molecule has 1 N–H and O–H groups in total. The lowest BCUT2D eigenvalue weighted by atomic mass is 9.84. The molecule has 1 heterocycles. The predicted octanol–water partition coefficient (Wildman–Crippen LogP) is 1.83. The van der Waals surface area contributed by atoms with Crippen LogP contribution in [-0.4, -0.2) is 55.2 Å². The largest absolute Gasteiger partial charge is 0.445 e. The lowest BCUT2D eigenvalue weighted by Gasteiger charge is -2.39. The Balaban J connectivity index is 1.93. The number of carbonyl (C=O) groups excluding carboxylic acids is 1. The van der Waals surface area contributed by atoms with Gasteiger partial charge in [0.1, 0.15) is 16.4 Å². The van der Waals surface area contributed by atoms with E-state index in [2.05, 4.69) is 0 Å². The fourth-order valence-electron chi connectivity index (χ4n) is 3.11. The van der Waals surface area contributed by atoms with Crippen LogP contribution in [0.2, 0.25) is 0 Å². The maximum Gasteiger partial charge on any atom is 0.410 e. The number of aliphatic hydroxyl groups is 1. The highest BCUT2D eigenvalue weighted by Crippen LogP contribution is 2.28. The molecule has 0 radical (unpaired) electrons. The van der Waals surface area contributed by atoms with Crippen molar-refractivity contribution in [3.63, 3.8) is 0 Å². The van der Waals surface area contributed by atoms with Gasteiger partial charge in [-0.1, -0.05) is 30.3 Å². The van der Waals surface area contributed by atoms with Crippen molar-refractivity contribution in [2.45, 2.75) is 32.0 Å². The van der Waals surface area contributed by atoms with Crippen LogP contribution in [0.15, 0.2) is 30.3 Å². The summed E-state index contributed by atoms with van der Waals surface area (Å²) in [6.45, 7) is 2.58. The molecule has 1 unspecified atom stereocenters. The summed E-state index contributed by atoms with van der Waals surface area (Å²) in [4.78, 5) is 13.8. The van der Waals surface area contributed by atoms with E-state index in [1.807, 2.05) is 30.3 Å². The highest BCUT2D eigenvalue weighted by molar-refractivity contribution is 7.90. The smallest absolute Gasteiger partial charge is 0.410 e. The molecule has 0 aliphatic carbocycles. The fraction of sp³-hybridized carbons (Fsp3) is 0.588. The van der Waals surface area contributed by atoms with Crippen LogP contribution < -0.4 is 0 Å². The number of amides is 1. The molecule has 0 saturated carbocycles. The second-order valence-electron chi connectivity index (χ2n) is 6.75. The number of hydrogen-bond donors (Lipinski definition) is 1. The SMILES string of the molecule is CC(O)(CS(C)(=O)=O)[C@H]1CCCN(C(=O)OCc2ccccc2)C1. The zero-order valence-electron chi connectivity index (χ0n) is 14.1. The van der Waals surface area contributed by atoms with Gasteiger partial charge in [-0.25, -0.2) is 13.2 Å². The number of hydrogen-bond acceptors (Lipinski definition) is 5. The van der Waals surface area contributed by atoms with Crippen molar-refractivity contribution in [2.24, 2.45) is 5.92 Å². The zero-order chi connectivity index (χ0) is 17.8. The van der Waals surface area contributed by atoms with Gasteiger partial charge < -0.3 is 14.7 Å². The molecule has 6 nitrogen and oxygen atoms in total. The monoisotopic (exact) mass is 355 g/mol. The average Bonchev–Trinajstić information content (AvgIpc) is 2.51. The molecule has 2 atom stereocenters. The van der Waals surface area contributed by atoms with Crippen molar-refractivity contribution in [2.75, 3.05) is 25.1 Å². The molecule has 7 heteroatoms. The van der Waals surface area contributed by atoms with Gasteiger partial charge in [0.25, 0.3) is 0 Å². The molecular weight excluding hydrogens is 330 g/mol. The van der Waals surface area contributed by atoms with Gasteiger partial charge in [0.2, 0.25) is 0 Å². The van der Waals surface area contributed by atoms with E-state index >= 15 is 0 Å². The van der Waals surface area contributed by atoms with E-state index < -0.39 is 21.5 Å². The molecule has 1 amide bonds. The van der Waals surface area contributed by atoms with E-state index in [1.165, 1.54) is 6.92 Å². The Labute approximate surface area is 143 Å². The van der Waals surface area contributed by atoms with Crippen molar-refractivity contribution in [1.82, 2.24) is 4.90 Å². The lowest BCUT2D eigenvalue weighted by Crippen LogP contribution is -2.51. The van der Waals surface area contributed by atoms with Crippen LogP contribution in [0, 0.1) is 5.92 Å². The van der Waals surface area contributed by atoms with E-state index in [0.717, 1.165) is 11.8 Å². The third-order valence-corrected chi connectivity index (χ3v) is 5.43. The number of sulfone groups is 1. The van der Waals surface area contributed by atoms with E-state index in [4.69, 9.17) is 4.74 Å². The van der Waals surface area contributed by atoms with Gasteiger partial charge in [0.15, 0.2) is 0 Å². The standard InChI is InChI=1S/C17H25NO5S/c1-17(20,13-24(2,21)22)15-9-6-10-18(11-15)16(19)23-12-14-7-4-3-5-8-14/h3-5,7-8,15,20H,6,9-13H2,1-2H3/t15-,17?/m0/s1. The summed E-state index contributed by atoms with van der Waals surface area (Å²) in [7, 11) is -3.30. The molecule has 1 aromatic rings. The molecule has 0 aromatic heterocycles. The molecule has 134 valence electrons. The van der Waals surface area contributed by atoms with Crippen molar-refractivity contribution in [1.29, 1.82) is 0 Å². The second-order valence-corrected chi connectivity index (χ2v) is 8.89. The second kappa shape index (κ2) is 7.53. The Morgan fingerprint density at radius 2 is 2.04 bits per heavy atom. The Morgan fingerprint density at radius 1 is 1.38 bits per heavy atom. The van der Waals surface area contributed by atoms with Crippen molar-refractivity contribution in [3.8, 4) is 0 Å². The quantitative estimate of drug-likeness (QED) is 0.871. The lowest BCUT2D eigenvalue weighted by molar-refractivity contribution is -0.0158. The first-order valence-corrected chi connectivity index (χ1v) is 10.1. The van der Waals surface area contributed by atoms with Crippen LogP contribution in [0.1, 0.15) is 25.3 Å². The van der Waals surface area contributed by atoms with Gasteiger partial charge in [-0.3, -0.25) is 0 Å². The molecule has 1 aliphatic rings. The molecule has 24 heavy (non-hydrogen) atoms. The van der Waals surface area contributed by atoms with Gasteiger partial charge in [-0.05, 0) is 25.3 Å². The maximum atomic E-state index is 12.2. The van der Waals surface area contributed by atoms with Crippen LogP contribution in [0.25, 0.3) is 0 Å². The van der Waals surface area contributed by atoms with Gasteiger partial charge >= 0.3 is 6.09 Å². The van der Waals surface area contributed by atoms with Crippen LogP contribution in [0.5, 0.6) is 0 Å². The van der Waals surface area contributed by atoms with Crippen LogP contribution in [0.4, 0.5) is 4.79 Å². The summed E-state index contributed by atoms with van der Waals surface area (Å²) in [5.41, 5.74) is -0.449. The first-order valence-electron chi connectivity index (χ1n) is 8.03. The van der Waals surface area contributed by atoms with Gasteiger partial charge in [0, 0.05) is 25.3 Å². The molecule has 1 aromatic carbocycles. The highest BCUT2D eigenvalue weighted by Gasteiger charge is 2.39. The third kappa shape index (κ3) is 5.49. The average molecular weight is 355 g/mol. The van der Waals surface area contributed by atoms with E-state index in [-0.39, 0.29) is 18.3 Å². The summed E-state index contributed by atoms with van der Waals surface area (Å²) in [5, 5.41) is 10.5. The predicted molar refractivity (Wildman–Crippen MR) is 91.3 cm³/mol. The van der Waals surface area contributed by atoms with Crippen LogP contribution in [0.3, 0.4) is 0 Å². The van der Waals surface area contributed by atoms with Crippen molar-refractivity contribution >= 4 is 15.9 Å². The van der Waals surface area contributed by atoms with Crippen LogP contribution >= 0.6 is 0 Å². The summed E-state index contributed by atoms with van der Waals surface area (Å²) in [6, 6.07) is 9.40. The molecule has 1 aliphatic heterocycles. The number of ether oxygens (including phenoxy) is 1. The van der Waals surface area contributed by atoms with E-state index in [0.29, 0.717) is 25.9 Å². The minimum Gasteiger partial charge on any atom is -0.445 e. The number of piperidine rings is 1. The molecule has 0 bridgehead atoms.